The van der Waals surface area contributed by atoms with E-state index in [9.17, 15) is 0 Å². The molecule has 1 N–H and O–H groups in total. The molecule has 18 heavy (non-hydrogen) atoms. The Morgan fingerprint density at radius 2 is 1.78 bits per heavy atom. The van der Waals surface area contributed by atoms with Gasteiger partial charge in [-0.15, -0.1) is 0 Å². The van der Waals surface area contributed by atoms with Crippen LogP contribution < -0.4 is 5.32 Å². The highest BCUT2D eigenvalue weighted by atomic mass is 15.1. The molecular formula is C16H32N2. The Kier molecular flexibility index (Phi) is 5.50. The van der Waals surface area contributed by atoms with Gasteiger partial charge in [0.15, 0.2) is 0 Å². The SMILES string of the molecule is CC1(C)CCCC(NCCN2CCCCCC2)C1. The van der Waals surface area contributed by atoms with Crippen molar-refractivity contribution in [2.45, 2.75) is 71.3 Å². The summed E-state index contributed by atoms with van der Waals surface area (Å²) in [4.78, 5) is 2.66. The molecule has 2 aliphatic rings. The molecule has 106 valence electrons. The highest BCUT2D eigenvalue weighted by Gasteiger charge is 2.27. The highest BCUT2D eigenvalue weighted by molar-refractivity contribution is 4.83. The third-order valence-electron chi connectivity index (χ3n) is 4.76. The summed E-state index contributed by atoms with van der Waals surface area (Å²) in [5, 5.41) is 3.80. The maximum Gasteiger partial charge on any atom is 0.0107 e. The van der Waals surface area contributed by atoms with E-state index >= 15 is 0 Å². The van der Waals surface area contributed by atoms with Gasteiger partial charge < -0.3 is 10.2 Å². The molecule has 0 bridgehead atoms. The van der Waals surface area contributed by atoms with Gasteiger partial charge in [0.05, 0.1) is 0 Å². The van der Waals surface area contributed by atoms with Crippen molar-refractivity contribution in [3.63, 3.8) is 0 Å². The fourth-order valence-corrected chi connectivity index (χ4v) is 3.66. The minimum absolute atomic E-state index is 0.568. The van der Waals surface area contributed by atoms with E-state index in [0.29, 0.717) is 5.41 Å². The maximum absolute atomic E-state index is 3.80. The van der Waals surface area contributed by atoms with Crippen molar-refractivity contribution in [3.05, 3.63) is 0 Å². The van der Waals surface area contributed by atoms with Crippen LogP contribution in [0.4, 0.5) is 0 Å². The topological polar surface area (TPSA) is 15.3 Å². The van der Waals surface area contributed by atoms with Gasteiger partial charge in [-0.05, 0) is 50.6 Å². The highest BCUT2D eigenvalue weighted by Crippen LogP contribution is 2.34. The van der Waals surface area contributed by atoms with Gasteiger partial charge in [0.2, 0.25) is 0 Å². The van der Waals surface area contributed by atoms with Crippen molar-refractivity contribution in [2.75, 3.05) is 26.2 Å². The van der Waals surface area contributed by atoms with E-state index in [2.05, 4.69) is 24.1 Å². The second-order valence-electron chi connectivity index (χ2n) is 7.17. The van der Waals surface area contributed by atoms with Crippen LogP contribution in [0.25, 0.3) is 0 Å². The van der Waals surface area contributed by atoms with E-state index in [4.69, 9.17) is 0 Å². The number of rotatable bonds is 4. The Labute approximate surface area is 114 Å². The fraction of sp³-hybridized carbons (Fsp3) is 1.00. The lowest BCUT2D eigenvalue weighted by atomic mass is 9.75. The average Bonchev–Trinajstić information content (AvgIpc) is 2.56. The summed E-state index contributed by atoms with van der Waals surface area (Å²) in [6.45, 7) is 9.97. The van der Waals surface area contributed by atoms with Crippen LogP contribution in [0.5, 0.6) is 0 Å². The smallest absolute Gasteiger partial charge is 0.0107 e. The van der Waals surface area contributed by atoms with Gasteiger partial charge in [0, 0.05) is 19.1 Å². The van der Waals surface area contributed by atoms with Gasteiger partial charge in [0.1, 0.15) is 0 Å². The van der Waals surface area contributed by atoms with Crippen molar-refractivity contribution >= 4 is 0 Å². The van der Waals surface area contributed by atoms with Gasteiger partial charge in [0.25, 0.3) is 0 Å². The van der Waals surface area contributed by atoms with E-state index in [1.54, 1.807) is 0 Å². The summed E-state index contributed by atoms with van der Waals surface area (Å²) in [6, 6.07) is 0.778. The number of hydrogen-bond donors (Lipinski definition) is 1. The first-order valence-electron chi connectivity index (χ1n) is 8.11. The number of hydrogen-bond acceptors (Lipinski definition) is 2. The molecule has 1 atom stereocenters. The van der Waals surface area contributed by atoms with Crippen LogP contribution in [0, 0.1) is 5.41 Å². The molecule has 0 aromatic carbocycles. The molecular weight excluding hydrogens is 220 g/mol. The Balaban J connectivity index is 1.62. The Morgan fingerprint density at radius 3 is 2.44 bits per heavy atom. The first-order valence-corrected chi connectivity index (χ1v) is 8.11. The minimum atomic E-state index is 0.568. The molecule has 1 heterocycles. The standard InChI is InChI=1S/C16H32N2/c1-16(2)9-7-8-15(14-16)17-10-13-18-11-5-3-4-6-12-18/h15,17H,3-14H2,1-2H3. The zero-order chi connectivity index (χ0) is 12.8. The van der Waals surface area contributed by atoms with Crippen LogP contribution >= 0.6 is 0 Å². The van der Waals surface area contributed by atoms with Gasteiger partial charge in [-0.2, -0.15) is 0 Å². The molecule has 1 unspecified atom stereocenters. The number of nitrogens with zero attached hydrogens (tertiary/aromatic N) is 1. The molecule has 2 heteroatoms. The van der Waals surface area contributed by atoms with Crippen LogP contribution in [-0.2, 0) is 0 Å². The predicted molar refractivity (Wildman–Crippen MR) is 78.9 cm³/mol. The number of nitrogens with one attached hydrogen (secondary N) is 1. The van der Waals surface area contributed by atoms with Crippen molar-refractivity contribution < 1.29 is 0 Å². The van der Waals surface area contributed by atoms with Gasteiger partial charge in [-0.25, -0.2) is 0 Å². The van der Waals surface area contributed by atoms with Crippen molar-refractivity contribution in [1.82, 2.24) is 10.2 Å². The van der Waals surface area contributed by atoms with E-state index < -0.39 is 0 Å². The quantitative estimate of drug-likeness (QED) is 0.825. The van der Waals surface area contributed by atoms with Crippen molar-refractivity contribution in [3.8, 4) is 0 Å². The fourth-order valence-electron chi connectivity index (χ4n) is 3.66. The molecule has 0 radical (unpaired) electrons. The molecule has 1 aliphatic carbocycles. The molecule has 2 fully saturated rings. The molecule has 0 aromatic heterocycles. The number of likely N-dealkylation sites (tertiary alicyclic amines) is 1. The monoisotopic (exact) mass is 252 g/mol. The first kappa shape index (κ1) is 14.3. The second kappa shape index (κ2) is 6.91. The van der Waals surface area contributed by atoms with Crippen LogP contribution in [0.3, 0.4) is 0 Å². The summed E-state index contributed by atoms with van der Waals surface area (Å²) in [5.41, 5.74) is 0.568. The molecule has 2 nitrogen and oxygen atoms in total. The lowest BCUT2D eigenvalue weighted by molar-refractivity contribution is 0.192. The second-order valence-corrected chi connectivity index (χ2v) is 7.17. The third kappa shape index (κ3) is 4.89. The average molecular weight is 252 g/mol. The zero-order valence-corrected chi connectivity index (χ0v) is 12.5. The normalized spacial score (nSPS) is 30.0. The largest absolute Gasteiger partial charge is 0.313 e. The molecule has 1 saturated carbocycles. The summed E-state index contributed by atoms with van der Waals surface area (Å²) < 4.78 is 0. The maximum atomic E-state index is 3.80. The first-order chi connectivity index (χ1) is 8.66. The van der Waals surface area contributed by atoms with Crippen LogP contribution in [0.2, 0.25) is 0 Å². The summed E-state index contributed by atoms with van der Waals surface area (Å²) >= 11 is 0. The minimum Gasteiger partial charge on any atom is -0.313 e. The van der Waals surface area contributed by atoms with Crippen molar-refractivity contribution in [1.29, 1.82) is 0 Å². The summed E-state index contributed by atoms with van der Waals surface area (Å²) in [6.07, 6.45) is 11.3. The van der Waals surface area contributed by atoms with E-state index in [0.717, 1.165) is 6.04 Å². The van der Waals surface area contributed by atoms with Crippen LogP contribution in [-0.4, -0.2) is 37.1 Å². The molecule has 0 aromatic rings. The van der Waals surface area contributed by atoms with E-state index in [1.807, 2.05) is 0 Å². The Morgan fingerprint density at radius 1 is 1.06 bits per heavy atom. The zero-order valence-electron chi connectivity index (χ0n) is 12.5. The lowest BCUT2D eigenvalue weighted by Crippen LogP contribution is -2.41. The Bertz CT molecular complexity index is 229. The molecule has 0 spiro atoms. The van der Waals surface area contributed by atoms with Crippen LogP contribution in [0.15, 0.2) is 0 Å². The van der Waals surface area contributed by atoms with Crippen LogP contribution in [0.1, 0.15) is 65.2 Å². The molecule has 1 aliphatic heterocycles. The Hall–Kier alpha value is -0.0800. The van der Waals surface area contributed by atoms with Gasteiger partial charge >= 0.3 is 0 Å². The summed E-state index contributed by atoms with van der Waals surface area (Å²) in [5.74, 6) is 0. The van der Waals surface area contributed by atoms with Gasteiger partial charge in [-0.1, -0.05) is 33.1 Å². The molecule has 1 saturated heterocycles. The lowest BCUT2D eigenvalue weighted by Gasteiger charge is -2.36. The van der Waals surface area contributed by atoms with E-state index in [1.165, 1.54) is 77.5 Å². The van der Waals surface area contributed by atoms with E-state index in [-0.39, 0.29) is 0 Å². The van der Waals surface area contributed by atoms with Crippen molar-refractivity contribution in [2.24, 2.45) is 5.41 Å². The molecule has 2 rings (SSSR count). The third-order valence-corrected chi connectivity index (χ3v) is 4.76. The molecule has 0 amide bonds. The predicted octanol–water partition coefficient (Wildman–Crippen LogP) is 3.42. The summed E-state index contributed by atoms with van der Waals surface area (Å²) in [7, 11) is 0. The van der Waals surface area contributed by atoms with Gasteiger partial charge in [-0.3, -0.25) is 0 Å².